The van der Waals surface area contributed by atoms with Gasteiger partial charge in [0.15, 0.2) is 5.96 Å². The van der Waals surface area contributed by atoms with Crippen molar-refractivity contribution in [2.75, 3.05) is 59.0 Å². The lowest BCUT2D eigenvalue weighted by Crippen LogP contribution is -2.45. The van der Waals surface area contributed by atoms with Gasteiger partial charge in [-0.1, -0.05) is 0 Å². The number of carbonyl (C=O) groups excluding carboxylic acids is 1. The second-order valence-electron chi connectivity index (χ2n) is 8.17. The predicted octanol–water partition coefficient (Wildman–Crippen LogP) is 0.700. The van der Waals surface area contributed by atoms with E-state index in [2.05, 4.69) is 20.4 Å². The zero-order valence-corrected chi connectivity index (χ0v) is 17.1. The fourth-order valence-corrected chi connectivity index (χ4v) is 3.98. The number of rotatable bonds is 9. The Balaban J connectivity index is 1.25. The molecule has 3 heterocycles. The summed E-state index contributed by atoms with van der Waals surface area (Å²) in [4.78, 5) is 21.4. The lowest BCUT2D eigenvalue weighted by atomic mass is 10.1. The number of likely N-dealkylation sites (tertiary alicyclic amines) is 1. The van der Waals surface area contributed by atoms with E-state index in [1.54, 1.807) is 6.26 Å². The number of hydrogen-bond donors (Lipinski definition) is 2. The summed E-state index contributed by atoms with van der Waals surface area (Å²) in [5, 5.41) is 6.87. The van der Waals surface area contributed by atoms with Crippen molar-refractivity contribution >= 4 is 11.9 Å². The molecule has 1 aromatic rings. The van der Waals surface area contributed by atoms with Gasteiger partial charge in [0.1, 0.15) is 5.76 Å². The number of aliphatic imine (C=N–C) groups is 1. The Morgan fingerprint density at radius 3 is 2.79 bits per heavy atom. The zero-order valence-electron chi connectivity index (χ0n) is 17.1. The van der Waals surface area contributed by atoms with Crippen molar-refractivity contribution < 1.29 is 13.9 Å². The van der Waals surface area contributed by atoms with Crippen LogP contribution in [0.4, 0.5) is 0 Å². The van der Waals surface area contributed by atoms with E-state index in [1.807, 2.05) is 12.1 Å². The van der Waals surface area contributed by atoms with Gasteiger partial charge in [0, 0.05) is 70.6 Å². The molecule has 2 saturated heterocycles. The molecule has 1 saturated carbocycles. The lowest BCUT2D eigenvalue weighted by molar-refractivity contribution is -0.128. The van der Waals surface area contributed by atoms with E-state index in [0.29, 0.717) is 30.8 Å². The first-order valence-electron chi connectivity index (χ1n) is 10.9. The number of carbonyl (C=O) groups is 1. The molecule has 0 spiro atoms. The van der Waals surface area contributed by atoms with Gasteiger partial charge in [-0.05, 0) is 25.0 Å². The summed E-state index contributed by atoms with van der Waals surface area (Å²) in [6.45, 7) is 7.72. The average molecular weight is 404 g/mol. The summed E-state index contributed by atoms with van der Waals surface area (Å²) in [7, 11) is 0. The third-order valence-corrected chi connectivity index (χ3v) is 5.80. The maximum atomic E-state index is 12.2. The quantitative estimate of drug-likeness (QED) is 0.467. The Morgan fingerprint density at radius 1 is 1.21 bits per heavy atom. The molecule has 3 aliphatic rings. The van der Waals surface area contributed by atoms with Gasteiger partial charge in [-0.3, -0.25) is 14.7 Å². The van der Waals surface area contributed by atoms with E-state index in [0.717, 1.165) is 70.6 Å². The van der Waals surface area contributed by atoms with E-state index in [4.69, 9.17) is 14.1 Å². The van der Waals surface area contributed by atoms with E-state index >= 15 is 0 Å². The first-order chi connectivity index (χ1) is 14.3. The summed E-state index contributed by atoms with van der Waals surface area (Å²) in [6, 6.07) is 4.41. The highest BCUT2D eigenvalue weighted by molar-refractivity contribution is 5.81. The average Bonchev–Trinajstić information content (AvgIpc) is 3.31. The smallest absolute Gasteiger partial charge is 0.223 e. The fourth-order valence-electron chi connectivity index (χ4n) is 3.98. The molecule has 8 heteroatoms. The van der Waals surface area contributed by atoms with Crippen molar-refractivity contribution in [3.05, 3.63) is 24.2 Å². The summed E-state index contributed by atoms with van der Waals surface area (Å²) < 4.78 is 10.8. The molecule has 29 heavy (non-hydrogen) atoms. The number of nitrogens with zero attached hydrogens (tertiary/aromatic N) is 3. The molecule has 1 aromatic heterocycles. The molecule has 3 fully saturated rings. The Labute approximate surface area is 172 Å². The summed E-state index contributed by atoms with van der Waals surface area (Å²) in [6.07, 6.45) is 5.49. The van der Waals surface area contributed by atoms with E-state index in [9.17, 15) is 4.79 Å². The minimum atomic E-state index is 0.306. The van der Waals surface area contributed by atoms with Crippen molar-refractivity contribution in [2.24, 2.45) is 10.9 Å². The van der Waals surface area contributed by atoms with Gasteiger partial charge in [0.25, 0.3) is 0 Å². The van der Waals surface area contributed by atoms with Gasteiger partial charge in [-0.2, -0.15) is 0 Å². The van der Waals surface area contributed by atoms with Crippen LogP contribution in [0.3, 0.4) is 0 Å². The molecule has 0 bridgehead atoms. The van der Waals surface area contributed by atoms with Crippen LogP contribution in [0.25, 0.3) is 0 Å². The topological polar surface area (TPSA) is 82.3 Å². The Kier molecular flexibility index (Phi) is 7.05. The van der Waals surface area contributed by atoms with Gasteiger partial charge in [0.05, 0.1) is 19.5 Å². The Bertz CT molecular complexity index is 668. The van der Waals surface area contributed by atoms with Gasteiger partial charge in [-0.25, -0.2) is 0 Å². The van der Waals surface area contributed by atoms with Crippen molar-refractivity contribution in [2.45, 2.75) is 31.7 Å². The molecule has 1 amide bonds. The van der Waals surface area contributed by atoms with E-state index in [-0.39, 0.29) is 0 Å². The van der Waals surface area contributed by atoms with Crippen molar-refractivity contribution in [3.8, 4) is 0 Å². The Hall–Kier alpha value is -2.06. The van der Waals surface area contributed by atoms with E-state index < -0.39 is 0 Å². The maximum absolute atomic E-state index is 12.2. The second kappa shape index (κ2) is 10.1. The number of amides is 1. The van der Waals surface area contributed by atoms with Gasteiger partial charge >= 0.3 is 0 Å². The third kappa shape index (κ3) is 6.21. The molecule has 8 nitrogen and oxygen atoms in total. The second-order valence-corrected chi connectivity index (χ2v) is 8.17. The number of guanidine groups is 1. The van der Waals surface area contributed by atoms with Crippen LogP contribution in [0.1, 0.15) is 25.0 Å². The normalized spacial score (nSPS) is 23.6. The van der Waals surface area contributed by atoms with Crippen LogP contribution in [-0.2, 0) is 16.0 Å². The largest absolute Gasteiger partial charge is 0.469 e. The molecule has 0 aromatic carbocycles. The number of ether oxygens (including phenoxy) is 1. The molecule has 0 radical (unpaired) electrons. The first-order valence-corrected chi connectivity index (χ1v) is 10.9. The minimum Gasteiger partial charge on any atom is -0.469 e. The van der Waals surface area contributed by atoms with E-state index in [1.165, 1.54) is 12.8 Å². The van der Waals surface area contributed by atoms with Crippen LogP contribution in [0.15, 0.2) is 27.8 Å². The maximum Gasteiger partial charge on any atom is 0.223 e. The highest BCUT2D eigenvalue weighted by atomic mass is 16.5. The van der Waals surface area contributed by atoms with Crippen LogP contribution in [-0.4, -0.2) is 86.7 Å². The summed E-state index contributed by atoms with van der Waals surface area (Å²) in [5.74, 6) is 2.42. The number of nitrogens with one attached hydrogen (secondary N) is 2. The first kappa shape index (κ1) is 20.2. The van der Waals surface area contributed by atoms with Crippen LogP contribution in [0, 0.1) is 5.92 Å². The summed E-state index contributed by atoms with van der Waals surface area (Å²) >= 11 is 0. The monoisotopic (exact) mass is 403 g/mol. The van der Waals surface area contributed by atoms with Crippen molar-refractivity contribution in [1.29, 1.82) is 0 Å². The number of furan rings is 1. The lowest BCUT2D eigenvalue weighted by Gasteiger charge is -2.26. The molecular weight excluding hydrogens is 370 g/mol. The molecule has 2 N–H and O–H groups in total. The van der Waals surface area contributed by atoms with Crippen LogP contribution in [0.5, 0.6) is 0 Å². The molecule has 160 valence electrons. The SMILES string of the molecule is O=C1CC(CN=C(NCCc2ccco2)NCCN2CCOCC2)CN1C1CC1. The molecule has 1 aliphatic carbocycles. The van der Waals surface area contributed by atoms with Crippen molar-refractivity contribution in [1.82, 2.24) is 20.4 Å². The number of morpholine rings is 1. The van der Waals surface area contributed by atoms with Gasteiger partial charge < -0.3 is 24.7 Å². The standard InChI is InChI=1S/C21H33N5O3/c27-20-14-17(16-26(20)18-3-4-18)15-24-21(22-6-5-19-2-1-11-29-19)23-7-8-25-9-12-28-13-10-25/h1-2,11,17-18H,3-10,12-16H2,(H2,22,23,24). The highest BCUT2D eigenvalue weighted by Gasteiger charge is 2.39. The summed E-state index contributed by atoms with van der Waals surface area (Å²) in [5.41, 5.74) is 0. The van der Waals surface area contributed by atoms with Crippen molar-refractivity contribution in [3.63, 3.8) is 0 Å². The molecule has 2 aliphatic heterocycles. The van der Waals surface area contributed by atoms with Crippen LogP contribution >= 0.6 is 0 Å². The molecule has 1 atom stereocenters. The zero-order chi connectivity index (χ0) is 19.9. The van der Waals surface area contributed by atoms with Crippen LogP contribution in [0.2, 0.25) is 0 Å². The highest BCUT2D eigenvalue weighted by Crippen LogP contribution is 2.32. The van der Waals surface area contributed by atoms with Gasteiger partial charge in [0.2, 0.25) is 5.91 Å². The predicted molar refractivity (Wildman–Crippen MR) is 111 cm³/mol. The van der Waals surface area contributed by atoms with Crippen LogP contribution < -0.4 is 10.6 Å². The fraction of sp³-hybridized carbons (Fsp3) is 0.714. The number of hydrogen-bond acceptors (Lipinski definition) is 5. The van der Waals surface area contributed by atoms with Gasteiger partial charge in [-0.15, -0.1) is 0 Å². The minimum absolute atomic E-state index is 0.306. The third-order valence-electron chi connectivity index (χ3n) is 5.80. The Morgan fingerprint density at radius 2 is 2.03 bits per heavy atom. The molecule has 1 unspecified atom stereocenters. The molecule has 4 rings (SSSR count). The molecular formula is C21H33N5O3.